The summed E-state index contributed by atoms with van der Waals surface area (Å²) in [6.45, 7) is 0. The van der Waals surface area contributed by atoms with Crippen molar-refractivity contribution >= 4 is 27.6 Å². The van der Waals surface area contributed by atoms with E-state index in [0.29, 0.717) is 5.69 Å². The molecule has 14 heavy (non-hydrogen) atoms. The van der Waals surface area contributed by atoms with E-state index in [1.807, 2.05) is 6.07 Å². The van der Waals surface area contributed by atoms with Crippen LogP contribution < -0.4 is 5.48 Å². The van der Waals surface area contributed by atoms with Crippen LogP contribution in [0.4, 0.5) is 5.69 Å². The van der Waals surface area contributed by atoms with Gasteiger partial charge in [0.05, 0.1) is 13.5 Å². The molecule has 0 aliphatic heterocycles. The molecule has 0 atom stereocenters. The third-order valence-electron chi connectivity index (χ3n) is 1.81. The Kier molecular flexibility index (Phi) is 4.06. The Bertz CT molecular complexity index is 341. The van der Waals surface area contributed by atoms with Gasteiger partial charge < -0.3 is 4.74 Å². The molecular formula is C9H11BrNO3+. The number of rotatable bonds is 3. The van der Waals surface area contributed by atoms with E-state index in [1.54, 1.807) is 12.1 Å². The van der Waals surface area contributed by atoms with E-state index in [9.17, 15) is 4.79 Å². The topological polar surface area (TPSA) is 63.1 Å². The first-order valence-electron chi connectivity index (χ1n) is 4.00. The molecule has 0 aliphatic rings. The molecule has 0 spiro atoms. The molecule has 0 saturated heterocycles. The minimum Gasteiger partial charge on any atom is -0.469 e. The van der Waals surface area contributed by atoms with Crippen molar-refractivity contribution in [3.63, 3.8) is 0 Å². The first kappa shape index (κ1) is 11.2. The van der Waals surface area contributed by atoms with Crippen LogP contribution in [0, 0.1) is 0 Å². The number of benzene rings is 1. The summed E-state index contributed by atoms with van der Waals surface area (Å²) < 4.78 is 5.39. The first-order chi connectivity index (χ1) is 6.67. The van der Waals surface area contributed by atoms with Gasteiger partial charge in [-0.25, -0.2) is 5.21 Å². The fourth-order valence-corrected chi connectivity index (χ4v) is 1.45. The number of methoxy groups -OCH3 is 1. The van der Waals surface area contributed by atoms with Gasteiger partial charge in [0.2, 0.25) is 0 Å². The zero-order valence-electron chi connectivity index (χ0n) is 7.66. The highest BCUT2D eigenvalue weighted by atomic mass is 79.9. The average Bonchev–Trinajstić information content (AvgIpc) is 2.20. The zero-order chi connectivity index (χ0) is 10.6. The molecule has 1 aromatic carbocycles. The highest BCUT2D eigenvalue weighted by Gasteiger charge is 2.11. The van der Waals surface area contributed by atoms with Crippen molar-refractivity contribution in [1.29, 1.82) is 0 Å². The summed E-state index contributed by atoms with van der Waals surface area (Å²) in [5.74, 6) is -0.324. The fourth-order valence-electron chi connectivity index (χ4n) is 1.07. The van der Waals surface area contributed by atoms with Crippen molar-refractivity contribution in [2.24, 2.45) is 0 Å². The smallest absolute Gasteiger partial charge is 0.310 e. The summed E-state index contributed by atoms with van der Waals surface area (Å²) in [5.41, 5.74) is 2.33. The molecular weight excluding hydrogens is 250 g/mol. The zero-order valence-corrected chi connectivity index (χ0v) is 9.24. The number of esters is 1. The number of hydrogen-bond donors (Lipinski definition) is 2. The van der Waals surface area contributed by atoms with Gasteiger partial charge in [0.15, 0.2) is 5.69 Å². The highest BCUT2D eigenvalue weighted by Crippen LogP contribution is 2.18. The maximum Gasteiger partial charge on any atom is 0.310 e. The number of carbonyl (C=O) groups is 1. The van der Waals surface area contributed by atoms with Crippen LogP contribution in [0.25, 0.3) is 0 Å². The van der Waals surface area contributed by atoms with Gasteiger partial charge >= 0.3 is 5.97 Å². The molecule has 0 radical (unpaired) electrons. The molecule has 0 aliphatic carbocycles. The number of ether oxygens (including phenoxy) is 1. The van der Waals surface area contributed by atoms with Crippen molar-refractivity contribution in [2.75, 3.05) is 7.11 Å². The molecule has 0 unspecified atom stereocenters. The van der Waals surface area contributed by atoms with Crippen molar-refractivity contribution in [3.8, 4) is 0 Å². The standard InChI is InChI=1S/C9H10BrNO3/c1-14-9(12)4-6-2-3-7(10)5-8(6)11-13/h2-3,5,11,13H,4H2,1H3/p+1. The van der Waals surface area contributed by atoms with E-state index in [4.69, 9.17) is 5.21 Å². The fraction of sp³-hybridized carbons (Fsp3) is 0.222. The van der Waals surface area contributed by atoms with Gasteiger partial charge in [-0.3, -0.25) is 4.79 Å². The van der Waals surface area contributed by atoms with E-state index in [0.717, 1.165) is 15.5 Å². The van der Waals surface area contributed by atoms with Crippen LogP contribution in [0.15, 0.2) is 22.7 Å². The van der Waals surface area contributed by atoms with Crippen LogP contribution in [0.1, 0.15) is 5.56 Å². The van der Waals surface area contributed by atoms with Crippen LogP contribution in [0.3, 0.4) is 0 Å². The summed E-state index contributed by atoms with van der Waals surface area (Å²) in [5, 5.41) is 8.93. The molecule has 0 saturated carbocycles. The molecule has 1 aromatic rings. The summed E-state index contributed by atoms with van der Waals surface area (Å²) >= 11 is 3.27. The Labute approximate surface area is 90.0 Å². The molecule has 4 nitrogen and oxygen atoms in total. The van der Waals surface area contributed by atoms with Crippen LogP contribution in [-0.2, 0) is 16.0 Å². The quantitative estimate of drug-likeness (QED) is 0.479. The minimum atomic E-state index is -0.324. The second kappa shape index (κ2) is 5.09. The molecule has 76 valence electrons. The Hall–Kier alpha value is -0.910. The maximum absolute atomic E-state index is 11.0. The van der Waals surface area contributed by atoms with Crippen LogP contribution in [0.2, 0.25) is 0 Å². The first-order valence-corrected chi connectivity index (χ1v) is 4.79. The number of carbonyl (C=O) groups excluding carboxylic acids is 1. The Morgan fingerprint density at radius 3 is 2.93 bits per heavy atom. The molecule has 5 heteroatoms. The van der Waals surface area contributed by atoms with E-state index >= 15 is 0 Å². The third-order valence-corrected chi connectivity index (χ3v) is 2.30. The monoisotopic (exact) mass is 260 g/mol. The molecule has 0 bridgehead atoms. The molecule has 3 N–H and O–H groups in total. The summed E-state index contributed by atoms with van der Waals surface area (Å²) in [7, 11) is 1.34. The number of quaternary nitrogens is 1. The van der Waals surface area contributed by atoms with Crippen LogP contribution in [-0.4, -0.2) is 18.3 Å². The SMILES string of the molecule is COC(=O)Cc1ccc(Br)cc1[NH2+]O. The minimum absolute atomic E-state index is 0.163. The lowest BCUT2D eigenvalue weighted by Gasteiger charge is -2.03. The van der Waals surface area contributed by atoms with Gasteiger partial charge in [-0.05, 0) is 6.07 Å². The third kappa shape index (κ3) is 2.80. The van der Waals surface area contributed by atoms with E-state index in [2.05, 4.69) is 20.7 Å². The lowest BCUT2D eigenvalue weighted by atomic mass is 10.1. The van der Waals surface area contributed by atoms with Crippen LogP contribution in [0.5, 0.6) is 0 Å². The maximum atomic E-state index is 11.0. The number of nitrogens with two attached hydrogens (primary N) is 1. The van der Waals surface area contributed by atoms with E-state index in [1.165, 1.54) is 7.11 Å². The van der Waals surface area contributed by atoms with Crippen molar-refractivity contribution in [3.05, 3.63) is 28.2 Å². The van der Waals surface area contributed by atoms with E-state index in [-0.39, 0.29) is 12.4 Å². The van der Waals surface area contributed by atoms with Gasteiger partial charge in [0.1, 0.15) is 0 Å². The Balaban J connectivity index is 2.90. The van der Waals surface area contributed by atoms with Gasteiger partial charge in [-0.1, -0.05) is 22.0 Å². The molecule has 0 fully saturated rings. The lowest BCUT2D eigenvalue weighted by molar-refractivity contribution is -0.826. The Morgan fingerprint density at radius 2 is 2.36 bits per heavy atom. The molecule has 0 aromatic heterocycles. The van der Waals surface area contributed by atoms with Gasteiger partial charge in [0, 0.05) is 16.1 Å². The second-order valence-electron chi connectivity index (χ2n) is 2.73. The normalized spacial score (nSPS) is 9.93. The van der Waals surface area contributed by atoms with Crippen molar-refractivity contribution in [1.82, 2.24) is 0 Å². The van der Waals surface area contributed by atoms with Crippen LogP contribution >= 0.6 is 15.9 Å². The predicted molar refractivity (Wildman–Crippen MR) is 53.2 cm³/mol. The van der Waals surface area contributed by atoms with Crippen molar-refractivity contribution < 1.29 is 20.2 Å². The summed E-state index contributed by atoms with van der Waals surface area (Å²) in [6, 6.07) is 5.31. The Morgan fingerprint density at radius 1 is 1.64 bits per heavy atom. The van der Waals surface area contributed by atoms with Gasteiger partial charge in [-0.15, -0.1) is 0 Å². The largest absolute Gasteiger partial charge is 0.469 e. The second-order valence-corrected chi connectivity index (χ2v) is 3.64. The lowest BCUT2D eigenvalue weighted by Crippen LogP contribution is -2.74. The average molecular weight is 261 g/mol. The van der Waals surface area contributed by atoms with Gasteiger partial charge in [0.25, 0.3) is 0 Å². The number of hydrogen-bond acceptors (Lipinski definition) is 3. The number of halogens is 1. The van der Waals surface area contributed by atoms with Crippen molar-refractivity contribution in [2.45, 2.75) is 6.42 Å². The highest BCUT2D eigenvalue weighted by molar-refractivity contribution is 9.10. The molecule has 0 amide bonds. The van der Waals surface area contributed by atoms with E-state index < -0.39 is 0 Å². The van der Waals surface area contributed by atoms with Gasteiger partial charge in [-0.2, -0.15) is 5.48 Å². The predicted octanol–water partition coefficient (Wildman–Crippen LogP) is 0.749. The molecule has 1 rings (SSSR count). The summed E-state index contributed by atoms with van der Waals surface area (Å²) in [4.78, 5) is 11.0. The summed E-state index contributed by atoms with van der Waals surface area (Å²) in [6.07, 6.45) is 0.163. The molecule has 0 heterocycles.